The maximum absolute atomic E-state index is 12.1. The lowest BCUT2D eigenvalue weighted by Crippen LogP contribution is -2.19. The fourth-order valence-corrected chi connectivity index (χ4v) is 2.32. The van der Waals surface area contributed by atoms with Gasteiger partial charge in [-0.3, -0.25) is 4.79 Å². The molecule has 0 radical (unpaired) electrons. The van der Waals surface area contributed by atoms with Crippen LogP contribution in [0.25, 0.3) is 0 Å². The summed E-state index contributed by atoms with van der Waals surface area (Å²) < 4.78 is 40.8. The number of halogens is 5. The Kier molecular flexibility index (Phi) is 5.96. The van der Waals surface area contributed by atoms with Crippen molar-refractivity contribution in [2.24, 2.45) is 0 Å². The summed E-state index contributed by atoms with van der Waals surface area (Å²) in [6.45, 7) is -1.37. The third kappa shape index (κ3) is 5.94. The van der Waals surface area contributed by atoms with E-state index in [0.717, 1.165) is 0 Å². The molecule has 0 bridgehead atoms. The number of rotatable bonds is 5. The number of benzene rings is 2. The smallest absolute Gasteiger partial charge is 0.422 e. The first-order valence-corrected chi connectivity index (χ1v) is 7.52. The molecule has 0 unspecified atom stereocenters. The average molecular weight is 378 g/mol. The molecule has 0 saturated heterocycles. The van der Waals surface area contributed by atoms with Crippen LogP contribution in [0.4, 0.5) is 18.9 Å². The number of nitrogens with one attached hydrogen (secondary N) is 1. The average Bonchev–Trinajstić information content (AvgIpc) is 2.49. The fourth-order valence-electron chi connectivity index (χ4n) is 1.84. The lowest BCUT2D eigenvalue weighted by Gasteiger charge is -2.10. The zero-order valence-corrected chi connectivity index (χ0v) is 13.7. The molecule has 1 amide bonds. The monoisotopic (exact) mass is 377 g/mol. The SMILES string of the molecule is O=C(Cc1ccc(Cl)cc1Cl)Nc1ccc(OCC(F)(F)F)cc1. The Hall–Kier alpha value is -1.92. The number of hydrogen-bond donors (Lipinski definition) is 1. The maximum Gasteiger partial charge on any atom is 0.422 e. The Morgan fingerprint density at radius 1 is 1.08 bits per heavy atom. The molecule has 0 aliphatic carbocycles. The second-order valence-electron chi connectivity index (χ2n) is 4.89. The summed E-state index contributed by atoms with van der Waals surface area (Å²) >= 11 is 11.8. The summed E-state index contributed by atoms with van der Waals surface area (Å²) in [6.07, 6.45) is -4.35. The van der Waals surface area contributed by atoms with Crippen molar-refractivity contribution in [1.29, 1.82) is 0 Å². The predicted molar refractivity (Wildman–Crippen MR) is 86.8 cm³/mol. The second-order valence-corrected chi connectivity index (χ2v) is 5.73. The summed E-state index contributed by atoms with van der Waals surface area (Å²) in [5.41, 5.74) is 1.05. The molecule has 0 aromatic heterocycles. The zero-order chi connectivity index (χ0) is 17.7. The van der Waals surface area contributed by atoms with E-state index in [9.17, 15) is 18.0 Å². The van der Waals surface area contributed by atoms with Gasteiger partial charge in [-0.1, -0.05) is 29.3 Å². The number of alkyl halides is 3. The number of amides is 1. The first-order chi connectivity index (χ1) is 11.2. The summed E-state index contributed by atoms with van der Waals surface area (Å²) in [6, 6.07) is 10.4. The first kappa shape index (κ1) is 18.4. The molecule has 24 heavy (non-hydrogen) atoms. The van der Waals surface area contributed by atoms with Crippen LogP contribution < -0.4 is 10.1 Å². The van der Waals surface area contributed by atoms with Gasteiger partial charge in [0.25, 0.3) is 0 Å². The van der Waals surface area contributed by atoms with Crippen LogP contribution in [0, 0.1) is 0 Å². The highest BCUT2D eigenvalue weighted by atomic mass is 35.5. The van der Waals surface area contributed by atoms with E-state index < -0.39 is 12.8 Å². The van der Waals surface area contributed by atoms with E-state index in [1.165, 1.54) is 24.3 Å². The molecule has 0 spiro atoms. The third-order valence-corrected chi connectivity index (χ3v) is 3.49. The van der Waals surface area contributed by atoms with Crippen LogP contribution in [-0.2, 0) is 11.2 Å². The third-order valence-electron chi connectivity index (χ3n) is 2.91. The number of hydrogen-bond acceptors (Lipinski definition) is 2. The Labute approximate surface area is 146 Å². The molecule has 2 aromatic rings. The molecular weight excluding hydrogens is 366 g/mol. The quantitative estimate of drug-likeness (QED) is 0.785. The molecule has 0 saturated carbocycles. The molecule has 0 aliphatic rings. The standard InChI is InChI=1S/C16H12Cl2F3NO2/c17-11-2-1-10(14(18)8-11)7-15(23)22-12-3-5-13(6-4-12)24-9-16(19,20)21/h1-6,8H,7,9H2,(H,22,23). The van der Waals surface area contributed by atoms with Crippen molar-refractivity contribution in [3.63, 3.8) is 0 Å². The van der Waals surface area contributed by atoms with E-state index in [1.807, 2.05) is 0 Å². The van der Waals surface area contributed by atoms with Crippen molar-refractivity contribution in [1.82, 2.24) is 0 Å². The van der Waals surface area contributed by atoms with Crippen LogP contribution in [0.1, 0.15) is 5.56 Å². The number of ether oxygens (including phenoxy) is 1. The summed E-state index contributed by atoms with van der Waals surface area (Å²) in [5, 5.41) is 3.48. The van der Waals surface area contributed by atoms with Gasteiger partial charge in [0.2, 0.25) is 5.91 Å². The normalized spacial score (nSPS) is 11.2. The summed E-state index contributed by atoms with van der Waals surface area (Å²) in [4.78, 5) is 12.0. The van der Waals surface area contributed by atoms with Crippen molar-refractivity contribution >= 4 is 34.8 Å². The molecule has 8 heteroatoms. The van der Waals surface area contributed by atoms with E-state index in [4.69, 9.17) is 23.2 Å². The Morgan fingerprint density at radius 2 is 1.75 bits per heavy atom. The Bertz CT molecular complexity index is 718. The van der Waals surface area contributed by atoms with Gasteiger partial charge in [0.05, 0.1) is 6.42 Å². The molecular formula is C16H12Cl2F3NO2. The van der Waals surface area contributed by atoms with Crippen molar-refractivity contribution in [3.05, 3.63) is 58.1 Å². The van der Waals surface area contributed by atoms with E-state index in [2.05, 4.69) is 10.1 Å². The van der Waals surface area contributed by atoms with Crippen molar-refractivity contribution in [2.75, 3.05) is 11.9 Å². The topological polar surface area (TPSA) is 38.3 Å². The van der Waals surface area contributed by atoms with Gasteiger partial charge in [0.15, 0.2) is 6.61 Å². The van der Waals surface area contributed by atoms with Gasteiger partial charge < -0.3 is 10.1 Å². The van der Waals surface area contributed by atoms with Crippen LogP contribution in [0.5, 0.6) is 5.75 Å². The lowest BCUT2D eigenvalue weighted by molar-refractivity contribution is -0.153. The number of anilines is 1. The van der Waals surface area contributed by atoms with E-state index >= 15 is 0 Å². The minimum atomic E-state index is -4.40. The van der Waals surface area contributed by atoms with Crippen LogP contribution in [0.3, 0.4) is 0 Å². The van der Waals surface area contributed by atoms with Crippen molar-refractivity contribution in [3.8, 4) is 5.75 Å². The molecule has 0 atom stereocenters. The van der Waals surface area contributed by atoms with E-state index in [0.29, 0.717) is 21.3 Å². The molecule has 128 valence electrons. The largest absolute Gasteiger partial charge is 0.484 e. The predicted octanol–water partition coefficient (Wildman–Crippen LogP) is 5.12. The molecule has 0 aliphatic heterocycles. The highest BCUT2D eigenvalue weighted by Crippen LogP contribution is 2.23. The van der Waals surface area contributed by atoms with Gasteiger partial charge >= 0.3 is 6.18 Å². The van der Waals surface area contributed by atoms with Gasteiger partial charge in [-0.2, -0.15) is 13.2 Å². The lowest BCUT2D eigenvalue weighted by atomic mass is 10.1. The molecule has 3 nitrogen and oxygen atoms in total. The van der Waals surface area contributed by atoms with E-state index in [-0.39, 0.29) is 18.1 Å². The van der Waals surface area contributed by atoms with Crippen LogP contribution >= 0.6 is 23.2 Å². The Balaban J connectivity index is 1.92. The maximum atomic E-state index is 12.1. The van der Waals surface area contributed by atoms with Crippen molar-refractivity contribution < 1.29 is 22.7 Å². The van der Waals surface area contributed by atoms with Crippen LogP contribution in [0.15, 0.2) is 42.5 Å². The first-order valence-electron chi connectivity index (χ1n) is 6.76. The number of carbonyl (C=O) groups excluding carboxylic acids is 1. The van der Waals surface area contributed by atoms with E-state index in [1.54, 1.807) is 18.2 Å². The number of carbonyl (C=O) groups is 1. The molecule has 1 N–H and O–H groups in total. The highest BCUT2D eigenvalue weighted by molar-refractivity contribution is 6.35. The second kappa shape index (κ2) is 7.77. The molecule has 2 rings (SSSR count). The van der Waals surface area contributed by atoms with Gasteiger partial charge in [0, 0.05) is 15.7 Å². The minimum absolute atomic E-state index is 0.0440. The van der Waals surface area contributed by atoms with Gasteiger partial charge in [-0.05, 0) is 42.0 Å². The van der Waals surface area contributed by atoms with Gasteiger partial charge in [-0.25, -0.2) is 0 Å². The minimum Gasteiger partial charge on any atom is -0.484 e. The molecule has 0 fully saturated rings. The zero-order valence-electron chi connectivity index (χ0n) is 12.2. The highest BCUT2D eigenvalue weighted by Gasteiger charge is 2.28. The van der Waals surface area contributed by atoms with Crippen molar-refractivity contribution in [2.45, 2.75) is 12.6 Å². The Morgan fingerprint density at radius 3 is 2.33 bits per heavy atom. The summed E-state index contributed by atoms with van der Waals surface area (Å²) in [5.74, 6) is -0.255. The van der Waals surface area contributed by atoms with Gasteiger partial charge in [0.1, 0.15) is 5.75 Å². The molecule has 2 aromatic carbocycles. The fraction of sp³-hybridized carbons (Fsp3) is 0.188. The van der Waals surface area contributed by atoms with Crippen LogP contribution in [-0.4, -0.2) is 18.7 Å². The van der Waals surface area contributed by atoms with Crippen LogP contribution in [0.2, 0.25) is 10.0 Å². The van der Waals surface area contributed by atoms with Gasteiger partial charge in [-0.15, -0.1) is 0 Å². The summed E-state index contributed by atoms with van der Waals surface area (Å²) in [7, 11) is 0. The molecule has 0 heterocycles.